The highest BCUT2D eigenvalue weighted by Crippen LogP contribution is 2.38. The van der Waals surface area contributed by atoms with Gasteiger partial charge in [0.2, 0.25) is 5.91 Å². The molecule has 1 N–H and O–H groups in total. The molecular formula is C18H25NO. The highest BCUT2D eigenvalue weighted by molar-refractivity contribution is 5.79. The van der Waals surface area contributed by atoms with Crippen LogP contribution in [0, 0.1) is 17.8 Å². The minimum Gasteiger partial charge on any atom is -0.353 e. The van der Waals surface area contributed by atoms with Crippen molar-refractivity contribution in [3.63, 3.8) is 0 Å². The largest absolute Gasteiger partial charge is 0.353 e. The number of amides is 1. The van der Waals surface area contributed by atoms with Gasteiger partial charge >= 0.3 is 0 Å². The molecule has 2 fully saturated rings. The highest BCUT2D eigenvalue weighted by Gasteiger charge is 2.38. The SMILES string of the molecule is CC1CCC(C2CC(=O)NC2Cc2ccccc2)CC1. The van der Waals surface area contributed by atoms with Gasteiger partial charge in [0.1, 0.15) is 0 Å². The van der Waals surface area contributed by atoms with Crippen LogP contribution in [-0.2, 0) is 11.2 Å². The molecular weight excluding hydrogens is 246 g/mol. The van der Waals surface area contributed by atoms with Crippen LogP contribution in [0.15, 0.2) is 30.3 Å². The molecule has 3 rings (SSSR count). The Morgan fingerprint density at radius 3 is 2.50 bits per heavy atom. The van der Waals surface area contributed by atoms with Crippen molar-refractivity contribution in [2.45, 2.75) is 51.5 Å². The molecule has 0 radical (unpaired) electrons. The van der Waals surface area contributed by atoms with Crippen LogP contribution in [0.2, 0.25) is 0 Å². The molecule has 1 aromatic rings. The van der Waals surface area contributed by atoms with Crippen molar-refractivity contribution >= 4 is 5.91 Å². The van der Waals surface area contributed by atoms with Gasteiger partial charge in [-0.15, -0.1) is 0 Å². The Morgan fingerprint density at radius 1 is 1.10 bits per heavy atom. The Kier molecular flexibility index (Phi) is 4.09. The van der Waals surface area contributed by atoms with Gasteiger partial charge in [0.25, 0.3) is 0 Å². The molecule has 1 aliphatic heterocycles. The van der Waals surface area contributed by atoms with Crippen molar-refractivity contribution in [2.24, 2.45) is 17.8 Å². The number of benzene rings is 1. The summed E-state index contributed by atoms with van der Waals surface area (Å²) in [6.45, 7) is 2.36. The number of hydrogen-bond donors (Lipinski definition) is 1. The predicted molar refractivity (Wildman–Crippen MR) is 81.3 cm³/mol. The van der Waals surface area contributed by atoms with Crippen molar-refractivity contribution in [2.75, 3.05) is 0 Å². The Morgan fingerprint density at radius 2 is 1.80 bits per heavy atom. The van der Waals surface area contributed by atoms with Crippen LogP contribution in [0.3, 0.4) is 0 Å². The van der Waals surface area contributed by atoms with E-state index in [0.717, 1.165) is 24.7 Å². The molecule has 1 aromatic carbocycles. The predicted octanol–water partition coefficient (Wildman–Crippen LogP) is 3.56. The molecule has 2 heteroatoms. The normalized spacial score (nSPS) is 34.0. The molecule has 2 atom stereocenters. The van der Waals surface area contributed by atoms with Crippen LogP contribution in [0.4, 0.5) is 0 Å². The van der Waals surface area contributed by atoms with Crippen molar-refractivity contribution in [1.29, 1.82) is 0 Å². The topological polar surface area (TPSA) is 29.1 Å². The molecule has 20 heavy (non-hydrogen) atoms. The molecule has 1 aliphatic carbocycles. The number of carbonyl (C=O) groups excluding carboxylic acids is 1. The molecule has 2 unspecified atom stereocenters. The summed E-state index contributed by atoms with van der Waals surface area (Å²) in [5, 5.41) is 3.22. The van der Waals surface area contributed by atoms with Gasteiger partial charge in [0.05, 0.1) is 0 Å². The Hall–Kier alpha value is -1.31. The van der Waals surface area contributed by atoms with Gasteiger partial charge < -0.3 is 5.32 Å². The summed E-state index contributed by atoms with van der Waals surface area (Å²) in [5.74, 6) is 2.44. The second-order valence-electron chi connectivity index (χ2n) is 6.75. The minimum atomic E-state index is 0.259. The van der Waals surface area contributed by atoms with Crippen molar-refractivity contribution in [1.82, 2.24) is 5.32 Å². The van der Waals surface area contributed by atoms with Gasteiger partial charge in [-0.25, -0.2) is 0 Å². The van der Waals surface area contributed by atoms with E-state index in [-0.39, 0.29) is 5.91 Å². The first-order valence-corrected chi connectivity index (χ1v) is 8.05. The lowest BCUT2D eigenvalue weighted by molar-refractivity contribution is -0.119. The van der Waals surface area contributed by atoms with Crippen LogP contribution in [0.25, 0.3) is 0 Å². The van der Waals surface area contributed by atoms with Gasteiger partial charge in [-0.05, 0) is 42.6 Å². The Labute approximate surface area is 122 Å². The Balaban J connectivity index is 1.67. The lowest BCUT2D eigenvalue weighted by Gasteiger charge is -2.33. The molecule has 0 bridgehead atoms. The fraction of sp³-hybridized carbons (Fsp3) is 0.611. The zero-order valence-electron chi connectivity index (χ0n) is 12.3. The van der Waals surface area contributed by atoms with Crippen LogP contribution >= 0.6 is 0 Å². The van der Waals surface area contributed by atoms with Crippen molar-refractivity contribution < 1.29 is 4.79 Å². The third-order valence-electron chi connectivity index (χ3n) is 5.25. The zero-order valence-corrected chi connectivity index (χ0v) is 12.3. The molecule has 1 saturated carbocycles. The maximum atomic E-state index is 11.8. The van der Waals surface area contributed by atoms with Gasteiger partial charge in [0.15, 0.2) is 0 Å². The van der Waals surface area contributed by atoms with Crippen molar-refractivity contribution in [3.8, 4) is 0 Å². The molecule has 1 amide bonds. The second-order valence-corrected chi connectivity index (χ2v) is 6.75. The summed E-state index contributed by atoms with van der Waals surface area (Å²) in [5.41, 5.74) is 1.34. The zero-order chi connectivity index (χ0) is 13.9. The summed E-state index contributed by atoms with van der Waals surface area (Å²) >= 11 is 0. The first-order valence-electron chi connectivity index (χ1n) is 8.05. The maximum absolute atomic E-state index is 11.8. The summed E-state index contributed by atoms with van der Waals surface area (Å²) in [4.78, 5) is 11.8. The molecule has 0 spiro atoms. The smallest absolute Gasteiger partial charge is 0.220 e. The lowest BCUT2D eigenvalue weighted by Crippen LogP contribution is -2.35. The van der Waals surface area contributed by atoms with E-state index in [9.17, 15) is 4.79 Å². The highest BCUT2D eigenvalue weighted by atomic mass is 16.2. The standard InChI is InChI=1S/C18H25NO/c1-13-7-9-15(10-8-13)16-12-18(20)19-17(16)11-14-5-3-2-4-6-14/h2-6,13,15-17H,7-12H2,1H3,(H,19,20). The van der Waals surface area contributed by atoms with E-state index in [4.69, 9.17) is 0 Å². The first kappa shape index (κ1) is 13.7. The van der Waals surface area contributed by atoms with Crippen LogP contribution in [-0.4, -0.2) is 11.9 Å². The molecule has 0 aromatic heterocycles. The van der Waals surface area contributed by atoms with Crippen molar-refractivity contribution in [3.05, 3.63) is 35.9 Å². The van der Waals surface area contributed by atoms with E-state index < -0.39 is 0 Å². The van der Waals surface area contributed by atoms with Crippen LogP contribution in [0.5, 0.6) is 0 Å². The van der Waals surface area contributed by atoms with E-state index in [1.807, 2.05) is 0 Å². The molecule has 1 heterocycles. The summed E-state index contributed by atoms with van der Waals surface area (Å²) in [6.07, 6.45) is 7.04. The molecule has 2 aliphatic rings. The summed E-state index contributed by atoms with van der Waals surface area (Å²) in [7, 11) is 0. The second kappa shape index (κ2) is 5.99. The average molecular weight is 271 g/mol. The van der Waals surface area contributed by atoms with Crippen LogP contribution < -0.4 is 5.32 Å². The van der Waals surface area contributed by atoms with Gasteiger partial charge in [0, 0.05) is 12.5 Å². The van der Waals surface area contributed by atoms with E-state index in [1.165, 1.54) is 31.2 Å². The molecule has 1 saturated heterocycles. The summed E-state index contributed by atoms with van der Waals surface area (Å²) < 4.78 is 0. The van der Waals surface area contributed by atoms with Crippen LogP contribution in [0.1, 0.15) is 44.6 Å². The quantitative estimate of drug-likeness (QED) is 0.895. The number of rotatable bonds is 3. The van der Waals surface area contributed by atoms with Gasteiger partial charge in [-0.2, -0.15) is 0 Å². The maximum Gasteiger partial charge on any atom is 0.220 e. The monoisotopic (exact) mass is 271 g/mol. The summed E-state index contributed by atoms with van der Waals surface area (Å²) in [6, 6.07) is 10.9. The number of nitrogens with one attached hydrogen (secondary N) is 1. The van der Waals surface area contributed by atoms with E-state index in [1.54, 1.807) is 0 Å². The van der Waals surface area contributed by atoms with E-state index in [2.05, 4.69) is 42.6 Å². The number of hydrogen-bond acceptors (Lipinski definition) is 1. The van der Waals surface area contributed by atoms with Gasteiger partial charge in [-0.1, -0.05) is 50.1 Å². The van der Waals surface area contributed by atoms with Gasteiger partial charge in [-0.3, -0.25) is 4.79 Å². The Bertz CT molecular complexity index is 448. The minimum absolute atomic E-state index is 0.259. The molecule has 108 valence electrons. The fourth-order valence-electron chi connectivity index (χ4n) is 4.01. The third-order valence-corrected chi connectivity index (χ3v) is 5.25. The third kappa shape index (κ3) is 3.05. The van der Waals surface area contributed by atoms with E-state index in [0.29, 0.717) is 12.0 Å². The molecule has 2 nitrogen and oxygen atoms in total. The average Bonchev–Trinajstić information content (AvgIpc) is 2.81. The first-order chi connectivity index (χ1) is 9.72. The number of carbonyl (C=O) groups is 1. The lowest BCUT2D eigenvalue weighted by atomic mass is 9.73. The van der Waals surface area contributed by atoms with E-state index >= 15 is 0 Å². The fourth-order valence-corrected chi connectivity index (χ4v) is 4.01.